The molecular weight excluding hydrogens is 450 g/mol. The highest BCUT2D eigenvalue weighted by Crippen LogP contribution is 2.62. The van der Waals surface area contributed by atoms with Gasteiger partial charge in [-0.05, 0) is 92.8 Å². The number of hydrogen-bond donors (Lipinski definition) is 2. The molecule has 0 unspecified atom stereocenters. The lowest BCUT2D eigenvalue weighted by Crippen LogP contribution is -2.53. The Hall–Kier alpha value is -1.73. The van der Waals surface area contributed by atoms with Gasteiger partial charge < -0.3 is 14.3 Å². The van der Waals surface area contributed by atoms with Gasteiger partial charge in [0.2, 0.25) is 0 Å². The summed E-state index contributed by atoms with van der Waals surface area (Å²) in [6.45, 7) is 9.31. The van der Waals surface area contributed by atoms with Crippen molar-refractivity contribution in [2.45, 2.75) is 77.8 Å². The maximum Gasteiger partial charge on any atom is 0.320 e. The third-order valence-electron chi connectivity index (χ3n) is 8.63. The minimum atomic E-state index is -0.828. The van der Waals surface area contributed by atoms with Crippen molar-refractivity contribution in [1.29, 1.82) is 0 Å². The Morgan fingerprint density at radius 1 is 1.38 bits per heavy atom. The van der Waals surface area contributed by atoms with Gasteiger partial charge in [-0.25, -0.2) is 0 Å². The second-order valence-corrected chi connectivity index (χ2v) is 11.5. The lowest BCUT2D eigenvalue weighted by atomic mass is 9.46. The highest BCUT2D eigenvalue weighted by Gasteiger charge is 2.57. The van der Waals surface area contributed by atoms with Crippen LogP contribution in [0.2, 0.25) is 0 Å². The Labute approximate surface area is 208 Å². The average Bonchev–Trinajstić information content (AvgIpc) is 3.24. The minimum absolute atomic E-state index is 0.0187. The molecule has 1 aromatic rings. The summed E-state index contributed by atoms with van der Waals surface area (Å²) >= 11 is 1.65. The number of aliphatic carboxylic acids is 1. The predicted octanol–water partition coefficient (Wildman–Crippen LogP) is 5.46. The van der Waals surface area contributed by atoms with E-state index in [1.807, 2.05) is 12.3 Å². The number of nitrogens with one attached hydrogen (secondary N) is 1. The van der Waals surface area contributed by atoms with E-state index in [-0.39, 0.29) is 17.3 Å². The highest BCUT2D eigenvalue weighted by molar-refractivity contribution is 7.98. The molecule has 5 atom stereocenters. The molecule has 7 heteroatoms. The smallest absolute Gasteiger partial charge is 0.320 e. The van der Waals surface area contributed by atoms with Crippen molar-refractivity contribution in [3.8, 4) is 0 Å². The molecule has 3 rings (SSSR count). The summed E-state index contributed by atoms with van der Waals surface area (Å²) in [5.41, 5.74) is 1.99. The summed E-state index contributed by atoms with van der Waals surface area (Å²) in [5.74, 6) is 1.32. The van der Waals surface area contributed by atoms with Crippen LogP contribution in [0.3, 0.4) is 0 Å². The standard InChI is InChI=1S/C27H41NO5S/c1-18-7-10-23-26(2,13-6-14-27(23,3)25(31)32-4)20(18)9-8-19-11-15-33-22(19)17-28-21(24(29)30)12-16-34-5/h11,15,20-21,23,28H,1,6-10,12-14,16-17H2,2-5H3,(H,29,30)/t20-,21-,23+,26+,27-/m0/s1. The molecule has 0 aliphatic heterocycles. The Morgan fingerprint density at radius 2 is 2.15 bits per heavy atom. The van der Waals surface area contributed by atoms with Crippen molar-refractivity contribution in [1.82, 2.24) is 5.32 Å². The quantitative estimate of drug-likeness (QED) is 0.314. The van der Waals surface area contributed by atoms with Gasteiger partial charge in [0.15, 0.2) is 0 Å². The second kappa shape index (κ2) is 11.3. The Balaban J connectivity index is 1.71. The molecule has 0 bridgehead atoms. The van der Waals surface area contributed by atoms with E-state index in [0.717, 1.165) is 62.0 Å². The van der Waals surface area contributed by atoms with Crippen molar-refractivity contribution in [3.63, 3.8) is 0 Å². The fourth-order valence-electron chi connectivity index (χ4n) is 6.77. The van der Waals surface area contributed by atoms with E-state index in [4.69, 9.17) is 9.15 Å². The molecule has 2 aliphatic rings. The molecule has 0 spiro atoms. The number of fused-ring (bicyclic) bond motifs is 1. The number of methoxy groups -OCH3 is 1. The Bertz CT molecular complexity index is 882. The number of rotatable bonds is 11. The van der Waals surface area contributed by atoms with Crippen molar-refractivity contribution >= 4 is 23.7 Å². The van der Waals surface area contributed by atoms with E-state index >= 15 is 0 Å². The second-order valence-electron chi connectivity index (χ2n) is 10.5. The van der Waals surface area contributed by atoms with E-state index in [1.165, 1.54) is 12.7 Å². The predicted molar refractivity (Wildman–Crippen MR) is 136 cm³/mol. The molecule has 0 amide bonds. The Kier molecular flexibility index (Phi) is 8.96. The van der Waals surface area contributed by atoms with Gasteiger partial charge in [0, 0.05) is 0 Å². The van der Waals surface area contributed by atoms with Crippen LogP contribution in [0.1, 0.15) is 70.1 Å². The topological polar surface area (TPSA) is 88.8 Å². The van der Waals surface area contributed by atoms with Gasteiger partial charge in [-0.1, -0.05) is 25.5 Å². The number of esters is 1. The van der Waals surface area contributed by atoms with Crippen LogP contribution in [0.5, 0.6) is 0 Å². The normalized spacial score (nSPS) is 29.9. The summed E-state index contributed by atoms with van der Waals surface area (Å²) in [7, 11) is 1.50. The molecule has 0 aromatic carbocycles. The first-order valence-electron chi connectivity index (χ1n) is 12.4. The number of carboxylic acids is 1. The third kappa shape index (κ3) is 5.40. The number of aryl methyl sites for hydroxylation is 1. The largest absolute Gasteiger partial charge is 0.480 e. The number of ether oxygens (including phenoxy) is 1. The summed E-state index contributed by atoms with van der Waals surface area (Å²) in [4.78, 5) is 24.4. The number of thioether (sulfide) groups is 1. The van der Waals surface area contributed by atoms with Crippen molar-refractivity contribution in [2.24, 2.45) is 22.7 Å². The first kappa shape index (κ1) is 26.9. The van der Waals surface area contributed by atoms with Gasteiger partial charge in [0.05, 0.1) is 25.3 Å². The monoisotopic (exact) mass is 491 g/mol. The number of allylic oxidation sites excluding steroid dienone is 1. The van der Waals surface area contributed by atoms with Crippen LogP contribution < -0.4 is 5.32 Å². The number of furan rings is 1. The van der Waals surface area contributed by atoms with Crippen molar-refractivity contribution in [2.75, 3.05) is 19.1 Å². The van der Waals surface area contributed by atoms with Crippen LogP contribution in [0.15, 0.2) is 28.9 Å². The van der Waals surface area contributed by atoms with Gasteiger partial charge in [-0.15, -0.1) is 0 Å². The molecule has 6 nitrogen and oxygen atoms in total. The van der Waals surface area contributed by atoms with Gasteiger partial charge >= 0.3 is 11.9 Å². The molecule has 190 valence electrons. The zero-order chi connectivity index (χ0) is 24.9. The van der Waals surface area contributed by atoms with Crippen LogP contribution in [0.25, 0.3) is 0 Å². The van der Waals surface area contributed by atoms with Crippen LogP contribution in [-0.4, -0.2) is 42.2 Å². The minimum Gasteiger partial charge on any atom is -0.480 e. The molecule has 2 aliphatic carbocycles. The third-order valence-corrected chi connectivity index (χ3v) is 9.27. The maximum atomic E-state index is 12.8. The first-order chi connectivity index (χ1) is 16.2. The lowest BCUT2D eigenvalue weighted by Gasteiger charge is -2.57. The first-order valence-corrected chi connectivity index (χ1v) is 13.8. The van der Waals surface area contributed by atoms with Crippen LogP contribution in [-0.2, 0) is 27.3 Å². The van der Waals surface area contributed by atoms with E-state index in [1.54, 1.807) is 18.0 Å². The molecule has 2 saturated carbocycles. The van der Waals surface area contributed by atoms with Gasteiger partial charge in [0.25, 0.3) is 0 Å². The van der Waals surface area contributed by atoms with E-state index in [2.05, 4.69) is 25.7 Å². The zero-order valence-electron chi connectivity index (χ0n) is 21.2. The van der Waals surface area contributed by atoms with Crippen LogP contribution in [0, 0.1) is 22.7 Å². The molecule has 34 heavy (non-hydrogen) atoms. The lowest BCUT2D eigenvalue weighted by molar-refractivity contribution is -0.168. The molecule has 2 fully saturated rings. The van der Waals surface area contributed by atoms with Crippen LogP contribution >= 0.6 is 11.8 Å². The highest BCUT2D eigenvalue weighted by atomic mass is 32.2. The molecule has 2 N–H and O–H groups in total. The van der Waals surface area contributed by atoms with E-state index < -0.39 is 17.4 Å². The van der Waals surface area contributed by atoms with Crippen LogP contribution in [0.4, 0.5) is 0 Å². The van der Waals surface area contributed by atoms with E-state index in [0.29, 0.717) is 18.9 Å². The molecule has 1 heterocycles. The Morgan fingerprint density at radius 3 is 2.82 bits per heavy atom. The van der Waals surface area contributed by atoms with Gasteiger partial charge in [-0.3, -0.25) is 14.9 Å². The number of carboxylic acid groups (broad SMARTS) is 1. The maximum absolute atomic E-state index is 12.8. The fourth-order valence-corrected chi connectivity index (χ4v) is 7.24. The SMILES string of the molecule is C=C1CC[C@@H]2[C@](C)(CCC[C@]2(C)C(=O)OC)[C@H]1CCc1ccoc1CN[C@@H](CCSC)C(=O)O. The number of hydrogen-bond acceptors (Lipinski definition) is 6. The summed E-state index contributed by atoms with van der Waals surface area (Å²) in [6, 6.07) is 1.42. The average molecular weight is 492 g/mol. The summed E-state index contributed by atoms with van der Waals surface area (Å²) in [6.07, 6.45) is 11.0. The fraction of sp³-hybridized carbons (Fsp3) is 0.704. The molecule has 0 saturated heterocycles. The zero-order valence-corrected chi connectivity index (χ0v) is 22.0. The number of carbonyl (C=O) groups excluding carboxylic acids is 1. The number of carbonyl (C=O) groups is 2. The van der Waals surface area contributed by atoms with E-state index in [9.17, 15) is 14.7 Å². The molecular formula is C27H41NO5S. The summed E-state index contributed by atoms with van der Waals surface area (Å²) in [5, 5.41) is 12.6. The molecule has 0 radical (unpaired) electrons. The molecule has 1 aromatic heterocycles. The summed E-state index contributed by atoms with van der Waals surface area (Å²) < 4.78 is 11.0. The van der Waals surface area contributed by atoms with Crippen molar-refractivity contribution in [3.05, 3.63) is 35.8 Å². The van der Waals surface area contributed by atoms with Crippen molar-refractivity contribution < 1.29 is 23.8 Å². The van der Waals surface area contributed by atoms with Gasteiger partial charge in [0.1, 0.15) is 11.8 Å². The van der Waals surface area contributed by atoms with Gasteiger partial charge in [-0.2, -0.15) is 11.8 Å².